The predicted octanol–water partition coefficient (Wildman–Crippen LogP) is 0.685. The van der Waals surface area contributed by atoms with E-state index >= 15 is 0 Å². The maximum Gasteiger partial charge on any atom is 0.486 e. The summed E-state index contributed by atoms with van der Waals surface area (Å²) in [7, 11) is -4.45. The van der Waals surface area contributed by atoms with Gasteiger partial charge < -0.3 is 9.79 Å². The number of phosphoric acid groups is 1. The molecule has 0 radical (unpaired) electrons. The highest BCUT2D eigenvalue weighted by Gasteiger charge is 2.18. The zero-order valence-electron chi connectivity index (χ0n) is 6.59. The summed E-state index contributed by atoms with van der Waals surface area (Å²) in [5, 5.41) is 1.07. The highest BCUT2D eigenvalue weighted by molar-refractivity contribution is 7.46. The summed E-state index contributed by atoms with van der Waals surface area (Å²) < 4.78 is 14.6. The molecule has 0 amide bonds. The molecule has 0 rings (SSSR count). The first kappa shape index (κ1) is 11.6. The lowest BCUT2D eigenvalue weighted by molar-refractivity contribution is -0.0613. The SMILES string of the molecule is C=CCN(CC=C)OP(=O)(O)O. The van der Waals surface area contributed by atoms with Crippen LogP contribution in [0.5, 0.6) is 0 Å². The average molecular weight is 193 g/mol. The van der Waals surface area contributed by atoms with Gasteiger partial charge in [-0.3, -0.25) is 0 Å². The molecule has 0 fully saturated rings. The van der Waals surface area contributed by atoms with Gasteiger partial charge in [0.2, 0.25) is 0 Å². The zero-order valence-corrected chi connectivity index (χ0v) is 7.48. The van der Waals surface area contributed by atoms with Gasteiger partial charge in [-0.2, -0.15) is 9.69 Å². The van der Waals surface area contributed by atoms with Gasteiger partial charge in [0.15, 0.2) is 0 Å². The third kappa shape index (κ3) is 6.27. The first-order valence-corrected chi connectivity index (χ1v) is 4.74. The third-order valence-corrected chi connectivity index (χ3v) is 1.33. The van der Waals surface area contributed by atoms with Gasteiger partial charge in [-0.05, 0) is 0 Å². The molecule has 0 aliphatic rings. The molecule has 6 heteroatoms. The van der Waals surface area contributed by atoms with E-state index in [1.807, 2.05) is 0 Å². The van der Waals surface area contributed by atoms with Crippen LogP contribution < -0.4 is 0 Å². The molecule has 0 saturated carbocycles. The normalized spacial score (nSPS) is 11.6. The standard InChI is InChI=1S/C6H12NO4P/c1-3-5-7(6-4-2)11-12(8,9)10/h3-4H,1-2,5-6H2,(H2,8,9,10). The van der Waals surface area contributed by atoms with Crippen molar-refractivity contribution in [2.24, 2.45) is 0 Å². The molecule has 0 bridgehead atoms. The van der Waals surface area contributed by atoms with E-state index in [4.69, 9.17) is 9.79 Å². The second-order valence-electron chi connectivity index (χ2n) is 2.00. The Balaban J connectivity index is 4.02. The van der Waals surface area contributed by atoms with Crippen molar-refractivity contribution in [1.82, 2.24) is 5.06 Å². The predicted molar refractivity (Wildman–Crippen MR) is 45.1 cm³/mol. The number of rotatable bonds is 6. The fourth-order valence-electron chi connectivity index (χ4n) is 0.580. The van der Waals surface area contributed by atoms with Crippen LogP contribution in [0.25, 0.3) is 0 Å². The van der Waals surface area contributed by atoms with E-state index in [1.54, 1.807) is 0 Å². The Kier molecular flexibility index (Phi) is 5.04. The van der Waals surface area contributed by atoms with Crippen LogP contribution in [0, 0.1) is 0 Å². The first-order chi connectivity index (χ1) is 5.49. The fraction of sp³-hybridized carbons (Fsp3) is 0.333. The van der Waals surface area contributed by atoms with Crippen molar-refractivity contribution in [2.45, 2.75) is 0 Å². The highest BCUT2D eigenvalue weighted by Crippen LogP contribution is 2.36. The van der Waals surface area contributed by atoms with Crippen LogP contribution >= 0.6 is 7.82 Å². The van der Waals surface area contributed by atoms with E-state index < -0.39 is 7.82 Å². The van der Waals surface area contributed by atoms with E-state index in [2.05, 4.69) is 17.8 Å². The Hall–Kier alpha value is -0.450. The number of hydrogen-bond donors (Lipinski definition) is 2. The minimum Gasteiger partial charge on any atom is -0.302 e. The maximum absolute atomic E-state index is 10.4. The average Bonchev–Trinajstić information content (AvgIpc) is 1.84. The van der Waals surface area contributed by atoms with E-state index in [0.29, 0.717) is 0 Å². The Morgan fingerprint density at radius 1 is 1.33 bits per heavy atom. The Morgan fingerprint density at radius 2 is 1.75 bits per heavy atom. The van der Waals surface area contributed by atoms with Crippen LogP contribution in [0.15, 0.2) is 25.3 Å². The number of hydrogen-bond acceptors (Lipinski definition) is 3. The molecule has 0 aliphatic carbocycles. The third-order valence-electron chi connectivity index (χ3n) is 0.887. The molecular weight excluding hydrogens is 181 g/mol. The van der Waals surface area contributed by atoms with Crippen molar-refractivity contribution in [3.05, 3.63) is 25.3 Å². The molecule has 0 aliphatic heterocycles. The van der Waals surface area contributed by atoms with Gasteiger partial charge in [0.05, 0.1) is 0 Å². The van der Waals surface area contributed by atoms with Gasteiger partial charge in [-0.1, -0.05) is 12.2 Å². The lowest BCUT2D eigenvalue weighted by Crippen LogP contribution is -2.22. The molecule has 0 spiro atoms. The molecule has 0 heterocycles. The smallest absolute Gasteiger partial charge is 0.302 e. The lowest BCUT2D eigenvalue weighted by Gasteiger charge is -2.17. The second-order valence-corrected chi connectivity index (χ2v) is 3.14. The zero-order chi connectivity index (χ0) is 9.61. The van der Waals surface area contributed by atoms with E-state index in [-0.39, 0.29) is 13.1 Å². The van der Waals surface area contributed by atoms with E-state index in [9.17, 15) is 4.57 Å². The quantitative estimate of drug-likeness (QED) is 0.369. The van der Waals surface area contributed by atoms with Crippen molar-refractivity contribution >= 4 is 7.82 Å². The summed E-state index contributed by atoms with van der Waals surface area (Å²) >= 11 is 0. The van der Waals surface area contributed by atoms with Crippen LogP contribution in [-0.2, 0) is 9.19 Å². The first-order valence-electron chi connectivity index (χ1n) is 3.21. The number of hydroxylamine groups is 2. The summed E-state index contributed by atoms with van der Waals surface area (Å²) in [6.45, 7) is 7.27. The van der Waals surface area contributed by atoms with Gasteiger partial charge in [0.1, 0.15) is 0 Å². The van der Waals surface area contributed by atoms with Crippen LogP contribution in [0.2, 0.25) is 0 Å². The van der Waals surface area contributed by atoms with Crippen molar-refractivity contribution in [3.8, 4) is 0 Å². The Morgan fingerprint density at radius 3 is 2.00 bits per heavy atom. The largest absolute Gasteiger partial charge is 0.486 e. The molecule has 12 heavy (non-hydrogen) atoms. The molecule has 0 saturated heterocycles. The summed E-state index contributed by atoms with van der Waals surface area (Å²) in [4.78, 5) is 16.8. The minimum absolute atomic E-state index is 0.233. The van der Waals surface area contributed by atoms with E-state index in [1.165, 1.54) is 12.2 Å². The topological polar surface area (TPSA) is 70.0 Å². The van der Waals surface area contributed by atoms with Gasteiger partial charge >= 0.3 is 7.82 Å². The Bertz CT molecular complexity index is 190. The van der Waals surface area contributed by atoms with Crippen molar-refractivity contribution < 1.29 is 19.0 Å². The summed E-state index contributed by atoms with van der Waals surface area (Å²) in [5.74, 6) is 0. The summed E-state index contributed by atoms with van der Waals surface area (Å²) in [6.07, 6.45) is 2.94. The number of nitrogens with zero attached hydrogens (tertiary/aromatic N) is 1. The molecule has 2 N–H and O–H groups in total. The monoisotopic (exact) mass is 193 g/mol. The maximum atomic E-state index is 10.4. The summed E-state index contributed by atoms with van der Waals surface area (Å²) in [6, 6.07) is 0. The van der Waals surface area contributed by atoms with Gasteiger partial charge in [-0.25, -0.2) is 4.57 Å². The van der Waals surface area contributed by atoms with Gasteiger partial charge in [0.25, 0.3) is 0 Å². The highest BCUT2D eigenvalue weighted by atomic mass is 31.2. The second kappa shape index (κ2) is 5.24. The van der Waals surface area contributed by atoms with E-state index in [0.717, 1.165) is 5.06 Å². The lowest BCUT2D eigenvalue weighted by atomic mass is 10.5. The van der Waals surface area contributed by atoms with Crippen molar-refractivity contribution in [3.63, 3.8) is 0 Å². The molecule has 0 atom stereocenters. The van der Waals surface area contributed by atoms with Crippen LogP contribution in [0.3, 0.4) is 0 Å². The van der Waals surface area contributed by atoms with Crippen LogP contribution in [0.1, 0.15) is 0 Å². The van der Waals surface area contributed by atoms with Crippen LogP contribution in [-0.4, -0.2) is 27.9 Å². The molecule has 5 nitrogen and oxygen atoms in total. The van der Waals surface area contributed by atoms with Crippen molar-refractivity contribution in [1.29, 1.82) is 0 Å². The molecule has 0 aromatic heterocycles. The molecule has 0 aromatic rings. The Labute approximate surface area is 71.2 Å². The minimum atomic E-state index is -4.45. The van der Waals surface area contributed by atoms with Gasteiger partial charge in [0, 0.05) is 13.1 Å². The van der Waals surface area contributed by atoms with Gasteiger partial charge in [-0.15, -0.1) is 13.2 Å². The molecule has 70 valence electrons. The molecule has 0 aromatic carbocycles. The fourth-order valence-corrected chi connectivity index (χ4v) is 1.01. The molecular formula is C6H12NO4P. The van der Waals surface area contributed by atoms with Crippen LogP contribution in [0.4, 0.5) is 0 Å². The van der Waals surface area contributed by atoms with Crippen molar-refractivity contribution in [2.75, 3.05) is 13.1 Å². The summed E-state index contributed by atoms with van der Waals surface area (Å²) in [5.41, 5.74) is 0. The molecule has 0 unspecified atom stereocenters.